The van der Waals surface area contributed by atoms with Gasteiger partial charge >= 0.3 is 0 Å². The summed E-state index contributed by atoms with van der Waals surface area (Å²) in [5.41, 5.74) is 1.02. The summed E-state index contributed by atoms with van der Waals surface area (Å²) in [4.78, 5) is 4.37. The van der Waals surface area contributed by atoms with Crippen molar-refractivity contribution in [1.29, 1.82) is 0 Å². The van der Waals surface area contributed by atoms with Gasteiger partial charge in [-0.1, -0.05) is 17.7 Å². The molecule has 0 atom stereocenters. The van der Waals surface area contributed by atoms with Crippen LogP contribution >= 0.6 is 0 Å². The first-order valence-corrected chi connectivity index (χ1v) is 7.24. The van der Waals surface area contributed by atoms with Crippen LogP contribution in [-0.4, -0.2) is 35.0 Å². The largest absolute Gasteiger partial charge is 0.263 e. The lowest BCUT2D eigenvalue weighted by Gasteiger charge is -2.15. The van der Waals surface area contributed by atoms with Gasteiger partial charge in [0, 0.05) is 7.05 Å². The Bertz CT molecular complexity index is 661. The monoisotopic (exact) mass is 280 g/mol. The average Bonchev–Trinajstić information content (AvgIpc) is 2.75. The Morgan fingerprint density at radius 3 is 2.37 bits per heavy atom. The van der Waals surface area contributed by atoms with Gasteiger partial charge in [-0.25, -0.2) is 13.4 Å². The van der Waals surface area contributed by atoms with Crippen molar-refractivity contribution >= 4 is 10.0 Å². The quantitative estimate of drug-likeness (QED) is 0.914. The lowest BCUT2D eigenvalue weighted by molar-refractivity contribution is 0.457. The number of hydrogen-bond donors (Lipinski definition) is 1. The van der Waals surface area contributed by atoms with E-state index < -0.39 is 10.0 Å². The van der Waals surface area contributed by atoms with Crippen LogP contribution in [0.5, 0.6) is 0 Å². The number of H-pyrrole nitrogens is 1. The standard InChI is InChI=1S/C12H16N4O2S/c1-9-4-6-11(7-5-9)19(17,18)16(3)8-12-13-10(2)14-15-12/h4-7H,8H2,1-3H3,(H,13,14,15). The third kappa shape index (κ3) is 2.99. The Morgan fingerprint density at radius 2 is 1.84 bits per heavy atom. The Labute approximate surface area is 112 Å². The van der Waals surface area contributed by atoms with Gasteiger partial charge in [0.2, 0.25) is 10.0 Å². The molecule has 0 unspecified atom stereocenters. The van der Waals surface area contributed by atoms with Crippen LogP contribution in [0.15, 0.2) is 29.2 Å². The molecule has 0 amide bonds. The van der Waals surface area contributed by atoms with E-state index in [-0.39, 0.29) is 11.4 Å². The third-order valence-corrected chi connectivity index (χ3v) is 4.55. The number of benzene rings is 1. The van der Waals surface area contributed by atoms with Gasteiger partial charge in [-0.3, -0.25) is 5.10 Å². The highest BCUT2D eigenvalue weighted by Crippen LogP contribution is 2.16. The highest BCUT2D eigenvalue weighted by molar-refractivity contribution is 7.89. The summed E-state index contributed by atoms with van der Waals surface area (Å²) >= 11 is 0. The molecule has 2 aromatic rings. The second-order valence-corrected chi connectivity index (χ2v) is 6.46. The molecule has 0 saturated heterocycles. The maximum Gasteiger partial charge on any atom is 0.243 e. The van der Waals surface area contributed by atoms with Crippen LogP contribution in [0.1, 0.15) is 17.2 Å². The third-order valence-electron chi connectivity index (χ3n) is 2.74. The molecule has 2 rings (SSSR count). The zero-order valence-electron chi connectivity index (χ0n) is 11.1. The molecule has 0 spiro atoms. The predicted molar refractivity (Wildman–Crippen MR) is 71.0 cm³/mol. The fraction of sp³-hybridized carbons (Fsp3) is 0.333. The van der Waals surface area contributed by atoms with Gasteiger partial charge in [0.1, 0.15) is 5.82 Å². The van der Waals surface area contributed by atoms with Gasteiger partial charge in [-0.2, -0.15) is 9.40 Å². The number of hydrogen-bond acceptors (Lipinski definition) is 4. The van der Waals surface area contributed by atoms with E-state index in [1.54, 1.807) is 31.2 Å². The molecule has 1 heterocycles. The Kier molecular flexibility index (Phi) is 3.68. The Balaban J connectivity index is 2.21. The molecule has 0 radical (unpaired) electrons. The van der Waals surface area contributed by atoms with Crippen molar-refractivity contribution in [3.05, 3.63) is 41.5 Å². The average molecular weight is 280 g/mol. The zero-order chi connectivity index (χ0) is 14.0. The fourth-order valence-electron chi connectivity index (χ4n) is 1.63. The molecular weight excluding hydrogens is 264 g/mol. The summed E-state index contributed by atoms with van der Waals surface area (Å²) in [5.74, 6) is 1.12. The van der Waals surface area contributed by atoms with Crippen molar-refractivity contribution in [3.8, 4) is 0 Å². The summed E-state index contributed by atoms with van der Waals surface area (Å²) in [6.07, 6.45) is 0. The van der Waals surface area contributed by atoms with Crippen LogP contribution in [0.3, 0.4) is 0 Å². The SMILES string of the molecule is Cc1ccc(S(=O)(=O)N(C)Cc2n[nH]c(C)n2)cc1. The highest BCUT2D eigenvalue weighted by Gasteiger charge is 2.21. The molecule has 7 heteroatoms. The van der Waals surface area contributed by atoms with Crippen molar-refractivity contribution in [2.45, 2.75) is 25.3 Å². The van der Waals surface area contributed by atoms with Crippen LogP contribution in [0.25, 0.3) is 0 Å². The molecule has 1 aromatic heterocycles. The summed E-state index contributed by atoms with van der Waals surface area (Å²) in [7, 11) is -1.99. The van der Waals surface area contributed by atoms with E-state index in [4.69, 9.17) is 0 Å². The molecule has 1 aromatic carbocycles. The molecule has 6 nitrogen and oxygen atoms in total. The molecule has 0 fully saturated rings. The van der Waals surface area contributed by atoms with Crippen molar-refractivity contribution < 1.29 is 8.42 Å². The second kappa shape index (κ2) is 5.10. The number of aryl methyl sites for hydroxylation is 2. The first-order valence-electron chi connectivity index (χ1n) is 5.80. The van der Waals surface area contributed by atoms with E-state index in [0.717, 1.165) is 5.56 Å². The number of rotatable bonds is 4. The lowest BCUT2D eigenvalue weighted by Crippen LogP contribution is -2.27. The zero-order valence-corrected chi connectivity index (χ0v) is 11.9. The molecule has 102 valence electrons. The molecule has 1 N–H and O–H groups in total. The van der Waals surface area contributed by atoms with E-state index in [2.05, 4.69) is 15.2 Å². The molecule has 0 aliphatic rings. The van der Waals surface area contributed by atoms with E-state index in [0.29, 0.717) is 11.6 Å². The van der Waals surface area contributed by atoms with Gasteiger partial charge in [-0.15, -0.1) is 0 Å². The maximum atomic E-state index is 12.3. The minimum atomic E-state index is -3.51. The minimum absolute atomic E-state index is 0.139. The number of aromatic amines is 1. The Hall–Kier alpha value is -1.73. The van der Waals surface area contributed by atoms with Crippen molar-refractivity contribution in [2.75, 3.05) is 7.05 Å². The summed E-state index contributed by atoms with van der Waals surface area (Å²) in [6, 6.07) is 6.75. The number of aromatic nitrogens is 3. The van der Waals surface area contributed by atoms with Gasteiger partial charge < -0.3 is 0 Å². The first-order chi connectivity index (χ1) is 8.89. The minimum Gasteiger partial charge on any atom is -0.263 e. The van der Waals surface area contributed by atoms with Crippen LogP contribution in [0, 0.1) is 13.8 Å². The van der Waals surface area contributed by atoms with Gasteiger partial charge in [0.15, 0.2) is 5.82 Å². The number of nitrogens with one attached hydrogen (secondary N) is 1. The van der Waals surface area contributed by atoms with E-state index in [1.165, 1.54) is 11.4 Å². The summed E-state index contributed by atoms with van der Waals surface area (Å²) in [6.45, 7) is 3.82. The van der Waals surface area contributed by atoms with Crippen LogP contribution in [-0.2, 0) is 16.6 Å². The summed E-state index contributed by atoms with van der Waals surface area (Å²) < 4.78 is 25.9. The molecule has 0 saturated carbocycles. The summed E-state index contributed by atoms with van der Waals surface area (Å²) in [5, 5.41) is 6.62. The molecule has 0 aliphatic carbocycles. The fourth-order valence-corrected chi connectivity index (χ4v) is 2.76. The molecule has 0 aliphatic heterocycles. The van der Waals surface area contributed by atoms with Gasteiger partial charge in [-0.05, 0) is 26.0 Å². The lowest BCUT2D eigenvalue weighted by atomic mass is 10.2. The molecule has 19 heavy (non-hydrogen) atoms. The van der Waals surface area contributed by atoms with Crippen molar-refractivity contribution in [3.63, 3.8) is 0 Å². The van der Waals surface area contributed by atoms with Gasteiger partial charge in [0.05, 0.1) is 11.4 Å². The van der Waals surface area contributed by atoms with Crippen LogP contribution in [0.4, 0.5) is 0 Å². The predicted octanol–water partition coefficient (Wildman–Crippen LogP) is 1.24. The Morgan fingerprint density at radius 1 is 1.21 bits per heavy atom. The van der Waals surface area contributed by atoms with E-state index >= 15 is 0 Å². The highest BCUT2D eigenvalue weighted by atomic mass is 32.2. The topological polar surface area (TPSA) is 79.0 Å². The smallest absolute Gasteiger partial charge is 0.243 e. The van der Waals surface area contributed by atoms with Crippen molar-refractivity contribution in [2.24, 2.45) is 0 Å². The molecule has 0 bridgehead atoms. The van der Waals surface area contributed by atoms with E-state index in [1.807, 2.05) is 6.92 Å². The molecular formula is C12H16N4O2S. The maximum absolute atomic E-state index is 12.3. The number of sulfonamides is 1. The first kappa shape index (κ1) is 13.7. The van der Waals surface area contributed by atoms with Crippen LogP contribution in [0.2, 0.25) is 0 Å². The second-order valence-electron chi connectivity index (χ2n) is 4.41. The normalized spacial score (nSPS) is 12.0. The van der Waals surface area contributed by atoms with Crippen LogP contribution < -0.4 is 0 Å². The van der Waals surface area contributed by atoms with E-state index in [9.17, 15) is 8.42 Å². The van der Waals surface area contributed by atoms with Gasteiger partial charge in [0.25, 0.3) is 0 Å². The van der Waals surface area contributed by atoms with Crippen molar-refractivity contribution in [1.82, 2.24) is 19.5 Å². The number of nitrogens with zero attached hydrogens (tertiary/aromatic N) is 3.